The summed E-state index contributed by atoms with van der Waals surface area (Å²) in [6.07, 6.45) is 0. The third-order valence-electron chi connectivity index (χ3n) is 4.93. The van der Waals surface area contributed by atoms with Crippen molar-refractivity contribution in [2.75, 3.05) is 5.32 Å². The van der Waals surface area contributed by atoms with Gasteiger partial charge in [0.2, 0.25) is 0 Å². The van der Waals surface area contributed by atoms with Gasteiger partial charge in [0.05, 0.1) is 0 Å². The molecule has 0 unspecified atom stereocenters. The predicted molar refractivity (Wildman–Crippen MR) is 111 cm³/mol. The van der Waals surface area contributed by atoms with E-state index >= 15 is 0 Å². The molecule has 0 aliphatic rings. The van der Waals surface area contributed by atoms with Crippen LogP contribution in [0, 0.1) is 20.8 Å². The minimum atomic E-state index is -0.300. The summed E-state index contributed by atoms with van der Waals surface area (Å²) in [7, 11) is 0. The van der Waals surface area contributed by atoms with Gasteiger partial charge in [-0.2, -0.15) is 0 Å². The maximum atomic E-state index is 13.1. The summed E-state index contributed by atoms with van der Waals surface area (Å²) in [6, 6.07) is 24.1. The molecule has 3 N–H and O–H groups in total. The summed E-state index contributed by atoms with van der Waals surface area (Å²) in [6.45, 7) is 6.92. The lowest BCUT2D eigenvalue weighted by atomic mass is 10.0. The first-order chi connectivity index (χ1) is 13.0. The van der Waals surface area contributed by atoms with E-state index in [1.54, 1.807) is 0 Å². The lowest BCUT2D eigenvalue weighted by Crippen LogP contribution is -2.85. The summed E-state index contributed by atoms with van der Waals surface area (Å²) in [5.74, 6) is 0.00323. The highest BCUT2D eigenvalue weighted by molar-refractivity contribution is 5.95. The van der Waals surface area contributed by atoms with Crippen LogP contribution >= 0.6 is 0 Å². The van der Waals surface area contributed by atoms with E-state index in [4.69, 9.17) is 0 Å². The third kappa shape index (κ3) is 4.83. The Morgan fingerprint density at radius 3 is 2.33 bits per heavy atom. The molecule has 3 aromatic rings. The molecule has 138 valence electrons. The molecule has 3 heteroatoms. The molecule has 0 spiro atoms. The molecule has 0 aliphatic carbocycles. The van der Waals surface area contributed by atoms with Crippen molar-refractivity contribution >= 4 is 11.6 Å². The molecule has 3 nitrogen and oxygen atoms in total. The molecule has 0 aliphatic heterocycles. The molecule has 0 fully saturated rings. The number of aryl methyl sites for hydroxylation is 3. The Bertz CT molecular complexity index is 919. The molecule has 1 amide bonds. The standard InChI is InChI=1S/C24H26N2O/c1-17-13-14-19(3)22(15-17)26-24(27)23(20-10-5-4-6-11-20)25-16-21-12-8-7-9-18(21)2/h4-15,23,25H,16H2,1-3H3,(H,26,27)/p+1/t23-/m1/s1. The van der Waals surface area contributed by atoms with Crippen molar-refractivity contribution in [3.05, 3.63) is 101 Å². The molecule has 0 saturated carbocycles. The van der Waals surface area contributed by atoms with E-state index in [1.807, 2.05) is 68.4 Å². The minimum absolute atomic E-state index is 0.00323. The second-order valence-electron chi connectivity index (χ2n) is 7.06. The van der Waals surface area contributed by atoms with Gasteiger partial charge in [-0.25, -0.2) is 0 Å². The van der Waals surface area contributed by atoms with Crippen LogP contribution in [0.4, 0.5) is 5.69 Å². The molecule has 1 atom stereocenters. The average molecular weight is 359 g/mol. The molecule has 3 aromatic carbocycles. The van der Waals surface area contributed by atoms with Gasteiger partial charge in [0.25, 0.3) is 5.91 Å². The van der Waals surface area contributed by atoms with E-state index < -0.39 is 0 Å². The highest BCUT2D eigenvalue weighted by atomic mass is 16.2. The monoisotopic (exact) mass is 359 g/mol. The Labute approximate surface area is 161 Å². The summed E-state index contributed by atoms with van der Waals surface area (Å²) in [5, 5.41) is 5.24. The predicted octanol–water partition coefficient (Wildman–Crippen LogP) is 4.06. The third-order valence-corrected chi connectivity index (χ3v) is 4.93. The van der Waals surface area contributed by atoms with Gasteiger partial charge in [-0.05, 0) is 43.5 Å². The second kappa shape index (κ2) is 8.65. The fourth-order valence-electron chi connectivity index (χ4n) is 3.22. The number of hydrogen-bond acceptors (Lipinski definition) is 1. The van der Waals surface area contributed by atoms with Crippen molar-refractivity contribution in [1.82, 2.24) is 0 Å². The molecule has 0 aromatic heterocycles. The van der Waals surface area contributed by atoms with Crippen molar-refractivity contribution in [2.24, 2.45) is 0 Å². The van der Waals surface area contributed by atoms with Crippen LogP contribution in [0.25, 0.3) is 0 Å². The maximum absolute atomic E-state index is 13.1. The quantitative estimate of drug-likeness (QED) is 0.685. The van der Waals surface area contributed by atoms with E-state index in [0.29, 0.717) is 0 Å². The lowest BCUT2D eigenvalue weighted by molar-refractivity contribution is -0.697. The van der Waals surface area contributed by atoms with Gasteiger partial charge in [0.15, 0.2) is 6.04 Å². The number of hydrogen-bond donors (Lipinski definition) is 2. The van der Waals surface area contributed by atoms with Crippen molar-refractivity contribution in [3.8, 4) is 0 Å². The van der Waals surface area contributed by atoms with Crippen LogP contribution in [0.3, 0.4) is 0 Å². The first kappa shape index (κ1) is 18.9. The normalized spacial score (nSPS) is 11.8. The van der Waals surface area contributed by atoms with E-state index in [1.165, 1.54) is 11.1 Å². The number of benzene rings is 3. The summed E-state index contributed by atoms with van der Waals surface area (Å²) < 4.78 is 0. The molecular weight excluding hydrogens is 332 g/mol. The Morgan fingerprint density at radius 1 is 0.889 bits per heavy atom. The number of amides is 1. The van der Waals surface area contributed by atoms with E-state index in [2.05, 4.69) is 35.8 Å². The molecular formula is C24H27N2O+. The first-order valence-corrected chi connectivity index (χ1v) is 9.35. The largest absolute Gasteiger partial charge is 0.328 e. The first-order valence-electron chi connectivity index (χ1n) is 9.35. The van der Waals surface area contributed by atoms with Gasteiger partial charge in [0.1, 0.15) is 6.54 Å². The van der Waals surface area contributed by atoms with Crippen molar-refractivity contribution in [1.29, 1.82) is 0 Å². The number of quaternary nitrogens is 1. The number of carbonyl (C=O) groups excluding carboxylic acids is 1. The van der Waals surface area contributed by atoms with Gasteiger partial charge in [-0.1, -0.05) is 66.7 Å². The van der Waals surface area contributed by atoms with Gasteiger partial charge >= 0.3 is 0 Å². The van der Waals surface area contributed by atoms with Crippen LogP contribution in [-0.2, 0) is 11.3 Å². The van der Waals surface area contributed by atoms with Gasteiger partial charge in [-0.3, -0.25) is 4.79 Å². The molecule has 0 saturated heterocycles. The summed E-state index contributed by atoms with van der Waals surface area (Å²) >= 11 is 0. The Morgan fingerprint density at radius 2 is 1.59 bits per heavy atom. The summed E-state index contributed by atoms with van der Waals surface area (Å²) in [4.78, 5) is 13.1. The Hall–Kier alpha value is -2.91. The fraction of sp³-hybridized carbons (Fsp3) is 0.208. The highest BCUT2D eigenvalue weighted by Gasteiger charge is 2.24. The topological polar surface area (TPSA) is 45.7 Å². The van der Waals surface area contributed by atoms with Crippen LogP contribution < -0.4 is 10.6 Å². The Balaban J connectivity index is 1.82. The van der Waals surface area contributed by atoms with Crippen LogP contribution in [0.15, 0.2) is 72.8 Å². The van der Waals surface area contributed by atoms with Crippen LogP contribution in [0.1, 0.15) is 33.9 Å². The number of carbonyl (C=O) groups is 1. The number of nitrogens with two attached hydrogens (primary N) is 1. The smallest absolute Gasteiger partial charge is 0.287 e. The van der Waals surface area contributed by atoms with E-state index in [9.17, 15) is 4.79 Å². The van der Waals surface area contributed by atoms with Gasteiger partial charge in [0, 0.05) is 16.8 Å². The molecule has 0 heterocycles. The molecule has 0 radical (unpaired) electrons. The Kier molecular flexibility index (Phi) is 6.05. The zero-order valence-electron chi connectivity index (χ0n) is 16.2. The minimum Gasteiger partial charge on any atom is -0.328 e. The molecule has 27 heavy (non-hydrogen) atoms. The van der Waals surface area contributed by atoms with Gasteiger partial charge in [-0.15, -0.1) is 0 Å². The van der Waals surface area contributed by atoms with Crippen molar-refractivity contribution in [3.63, 3.8) is 0 Å². The zero-order chi connectivity index (χ0) is 19.2. The summed E-state index contributed by atoms with van der Waals surface area (Å²) in [5.41, 5.74) is 6.59. The van der Waals surface area contributed by atoms with E-state index in [0.717, 1.165) is 28.9 Å². The molecule has 3 rings (SSSR count). The number of nitrogens with one attached hydrogen (secondary N) is 1. The number of rotatable bonds is 6. The van der Waals surface area contributed by atoms with Crippen molar-refractivity contribution in [2.45, 2.75) is 33.4 Å². The fourth-order valence-corrected chi connectivity index (χ4v) is 3.22. The van der Waals surface area contributed by atoms with Gasteiger partial charge < -0.3 is 10.6 Å². The second-order valence-corrected chi connectivity index (χ2v) is 7.06. The van der Waals surface area contributed by atoms with Crippen LogP contribution in [0.5, 0.6) is 0 Å². The average Bonchev–Trinajstić information content (AvgIpc) is 2.67. The zero-order valence-corrected chi connectivity index (χ0v) is 16.2. The van der Waals surface area contributed by atoms with Crippen LogP contribution in [0.2, 0.25) is 0 Å². The van der Waals surface area contributed by atoms with E-state index in [-0.39, 0.29) is 11.9 Å². The number of anilines is 1. The maximum Gasteiger partial charge on any atom is 0.287 e. The van der Waals surface area contributed by atoms with Crippen molar-refractivity contribution < 1.29 is 10.1 Å². The SMILES string of the molecule is Cc1ccc(C)c(NC(=O)[C@H]([NH2+]Cc2ccccc2C)c2ccccc2)c1. The molecule has 0 bridgehead atoms. The lowest BCUT2D eigenvalue weighted by Gasteiger charge is -2.18. The van der Waals surface area contributed by atoms with Crippen LogP contribution in [-0.4, -0.2) is 5.91 Å². The highest BCUT2D eigenvalue weighted by Crippen LogP contribution is 2.19.